The number of benzene rings is 3. The van der Waals surface area contributed by atoms with Crippen LogP contribution in [0.2, 0.25) is 0 Å². The van der Waals surface area contributed by atoms with Crippen molar-refractivity contribution in [3.8, 4) is 17.1 Å². The van der Waals surface area contributed by atoms with Crippen molar-refractivity contribution in [2.45, 2.75) is 10.9 Å². The van der Waals surface area contributed by atoms with Crippen LogP contribution >= 0.6 is 15.9 Å². The highest BCUT2D eigenvalue weighted by molar-refractivity contribution is 9.09. The fourth-order valence-electron chi connectivity index (χ4n) is 3.96. The van der Waals surface area contributed by atoms with E-state index in [4.69, 9.17) is 13.9 Å². The molecule has 0 bridgehead atoms. The molecule has 1 unspecified atom stereocenters. The normalized spacial score (nSPS) is 18.1. The van der Waals surface area contributed by atoms with E-state index in [1.54, 1.807) is 13.4 Å². The van der Waals surface area contributed by atoms with Gasteiger partial charge in [0.25, 0.3) is 0 Å². The van der Waals surface area contributed by atoms with E-state index in [2.05, 4.69) is 40.2 Å². The summed E-state index contributed by atoms with van der Waals surface area (Å²) < 4.78 is 17.3. The molecule has 0 aliphatic carbocycles. The van der Waals surface area contributed by atoms with Crippen LogP contribution in [0.4, 0.5) is 0 Å². The predicted octanol–water partition coefficient (Wildman–Crippen LogP) is 7.49. The summed E-state index contributed by atoms with van der Waals surface area (Å²) in [6, 6.07) is 30.4. The molecule has 0 fully saturated rings. The van der Waals surface area contributed by atoms with Gasteiger partial charge in [0.1, 0.15) is 17.3 Å². The van der Waals surface area contributed by atoms with E-state index in [1.165, 1.54) is 0 Å². The number of halogens is 1. The second-order valence-corrected chi connectivity index (χ2v) is 8.72. The molecule has 1 aliphatic rings. The second kappa shape index (κ2) is 8.12. The molecule has 0 spiro atoms. The van der Waals surface area contributed by atoms with Gasteiger partial charge in [-0.3, -0.25) is 0 Å². The highest BCUT2D eigenvalue weighted by Gasteiger charge is 2.42. The number of methoxy groups -OCH3 is 1. The molecule has 0 saturated carbocycles. The molecule has 5 rings (SSSR count). The van der Waals surface area contributed by atoms with Crippen molar-refractivity contribution < 1.29 is 13.9 Å². The van der Waals surface area contributed by atoms with E-state index in [0.717, 1.165) is 45.1 Å². The Morgan fingerprint density at radius 2 is 1.48 bits per heavy atom. The van der Waals surface area contributed by atoms with Gasteiger partial charge in [-0.25, -0.2) is 0 Å². The van der Waals surface area contributed by atoms with Crippen molar-refractivity contribution in [1.82, 2.24) is 0 Å². The zero-order chi connectivity index (χ0) is 21.3. The number of hydrogen-bond donors (Lipinski definition) is 0. The van der Waals surface area contributed by atoms with Gasteiger partial charge in [-0.05, 0) is 39.7 Å². The highest BCUT2D eigenvalue weighted by atomic mass is 79.9. The fourth-order valence-corrected chi connectivity index (χ4v) is 4.67. The Labute approximate surface area is 190 Å². The molecule has 1 aromatic heterocycles. The summed E-state index contributed by atoms with van der Waals surface area (Å²) in [7, 11) is 1.68. The minimum atomic E-state index is -0.649. The number of furan rings is 1. The minimum Gasteiger partial charge on any atom is -0.497 e. The summed E-state index contributed by atoms with van der Waals surface area (Å²) in [5.41, 5.74) is 5.23. The van der Waals surface area contributed by atoms with Gasteiger partial charge < -0.3 is 13.9 Å². The summed E-state index contributed by atoms with van der Waals surface area (Å²) >= 11 is 3.91. The average Bonchev–Trinajstić information content (AvgIpc) is 3.46. The molecular weight excluding hydrogens is 452 g/mol. The van der Waals surface area contributed by atoms with Crippen LogP contribution < -0.4 is 4.74 Å². The summed E-state index contributed by atoms with van der Waals surface area (Å²) in [5.74, 6) is 2.44. The Morgan fingerprint density at radius 1 is 0.806 bits per heavy atom. The summed E-state index contributed by atoms with van der Waals surface area (Å²) in [6.07, 6.45) is 2.40. The van der Waals surface area contributed by atoms with Crippen molar-refractivity contribution in [2.24, 2.45) is 0 Å². The molecule has 4 aromatic rings. The zero-order valence-electron chi connectivity index (χ0n) is 17.0. The van der Waals surface area contributed by atoms with Gasteiger partial charge in [-0.1, -0.05) is 72.8 Å². The number of ether oxygens (including phenoxy) is 2. The minimum absolute atomic E-state index is 0.649. The van der Waals surface area contributed by atoms with Crippen molar-refractivity contribution in [3.05, 3.63) is 114 Å². The van der Waals surface area contributed by atoms with Crippen LogP contribution in [0.15, 0.2) is 102 Å². The lowest BCUT2D eigenvalue weighted by Crippen LogP contribution is -2.16. The van der Waals surface area contributed by atoms with Crippen molar-refractivity contribution >= 4 is 27.3 Å². The van der Waals surface area contributed by atoms with Crippen LogP contribution in [0.5, 0.6) is 5.75 Å². The van der Waals surface area contributed by atoms with Crippen molar-refractivity contribution in [3.63, 3.8) is 0 Å². The summed E-state index contributed by atoms with van der Waals surface area (Å²) in [4.78, 5) is 0. The molecule has 154 valence electrons. The second-order valence-electron chi connectivity index (χ2n) is 7.44. The third-order valence-corrected chi connectivity index (χ3v) is 6.43. The molecule has 0 N–H and O–H groups in total. The molecule has 3 nitrogen and oxygen atoms in total. The Morgan fingerprint density at radius 3 is 2.16 bits per heavy atom. The highest BCUT2D eigenvalue weighted by Crippen LogP contribution is 2.53. The molecule has 31 heavy (non-hydrogen) atoms. The topological polar surface area (TPSA) is 31.6 Å². The number of hydrogen-bond acceptors (Lipinski definition) is 3. The van der Waals surface area contributed by atoms with Crippen LogP contribution in [-0.4, -0.2) is 7.11 Å². The number of rotatable bonds is 5. The third-order valence-electron chi connectivity index (χ3n) is 5.53. The molecule has 0 amide bonds. The van der Waals surface area contributed by atoms with Gasteiger partial charge in [0.15, 0.2) is 4.51 Å². The zero-order valence-corrected chi connectivity index (χ0v) is 18.6. The quantitative estimate of drug-likeness (QED) is 0.282. The Kier molecular flexibility index (Phi) is 5.16. The first-order chi connectivity index (χ1) is 15.2. The fraction of sp³-hybridized carbons (Fsp3) is 0.111. The average molecular weight is 473 g/mol. The molecule has 3 aromatic carbocycles. The van der Waals surface area contributed by atoms with Crippen molar-refractivity contribution in [2.75, 3.05) is 7.11 Å². The maximum absolute atomic E-state index is 6.67. The number of alkyl halides is 1. The first-order valence-corrected chi connectivity index (χ1v) is 10.9. The lowest BCUT2D eigenvalue weighted by atomic mass is 9.95. The van der Waals surface area contributed by atoms with Crippen LogP contribution in [0, 0.1) is 0 Å². The Hall–Kier alpha value is -3.24. The lowest BCUT2D eigenvalue weighted by Gasteiger charge is -2.24. The smallest absolute Gasteiger partial charge is 0.192 e. The van der Waals surface area contributed by atoms with Gasteiger partial charge in [-0.2, -0.15) is 0 Å². The monoisotopic (exact) mass is 472 g/mol. The third kappa shape index (κ3) is 3.68. The summed E-state index contributed by atoms with van der Waals surface area (Å²) in [6.45, 7) is 0. The van der Waals surface area contributed by atoms with Gasteiger partial charge in [0.05, 0.1) is 18.9 Å². The molecule has 2 heterocycles. The van der Waals surface area contributed by atoms with Crippen molar-refractivity contribution in [1.29, 1.82) is 0 Å². The first kappa shape index (κ1) is 19.7. The van der Waals surface area contributed by atoms with E-state index in [9.17, 15) is 0 Å². The molecule has 4 heteroatoms. The maximum atomic E-state index is 6.67. The van der Waals surface area contributed by atoms with Gasteiger partial charge in [0.2, 0.25) is 0 Å². The molecule has 0 saturated heterocycles. The Bertz CT molecular complexity index is 1210. The molecule has 1 atom stereocenters. The van der Waals surface area contributed by atoms with Gasteiger partial charge in [-0.15, -0.1) is 0 Å². The van der Waals surface area contributed by atoms with Crippen LogP contribution in [0.1, 0.15) is 23.1 Å². The lowest BCUT2D eigenvalue weighted by molar-refractivity contribution is 0.164. The molecular formula is C27H21BrO3. The molecule has 1 aliphatic heterocycles. The van der Waals surface area contributed by atoms with E-state index in [-0.39, 0.29) is 0 Å². The Balaban J connectivity index is 1.64. The van der Waals surface area contributed by atoms with Gasteiger partial charge in [0, 0.05) is 23.1 Å². The van der Waals surface area contributed by atoms with E-state index in [1.807, 2.05) is 66.7 Å². The van der Waals surface area contributed by atoms with Crippen LogP contribution in [-0.2, 0) is 9.25 Å². The molecule has 0 radical (unpaired) electrons. The van der Waals surface area contributed by atoms with E-state index in [0.29, 0.717) is 6.42 Å². The van der Waals surface area contributed by atoms with Gasteiger partial charge >= 0.3 is 0 Å². The predicted molar refractivity (Wildman–Crippen MR) is 127 cm³/mol. The maximum Gasteiger partial charge on any atom is 0.192 e. The largest absolute Gasteiger partial charge is 0.497 e. The SMILES string of the molecule is COc1ccc(C2=C(c3ccoc3-c3ccccc3)OC(Br)(c3ccccc3)C2)cc1. The van der Waals surface area contributed by atoms with E-state index < -0.39 is 4.51 Å². The standard InChI is InChI=1S/C27H21BrO3/c1-29-22-14-12-19(13-15-22)24-18-27(28,21-10-6-3-7-11-21)31-26(24)23-16-17-30-25(23)20-8-4-2-5-9-20/h2-17H,18H2,1H3. The van der Waals surface area contributed by atoms with Crippen LogP contribution in [0.25, 0.3) is 22.7 Å². The first-order valence-electron chi connectivity index (χ1n) is 10.1. The van der Waals surface area contributed by atoms with E-state index >= 15 is 0 Å². The summed E-state index contributed by atoms with van der Waals surface area (Å²) in [5, 5.41) is 0. The van der Waals surface area contributed by atoms with Crippen LogP contribution in [0.3, 0.4) is 0 Å².